The number of benzene rings is 1. The van der Waals surface area contributed by atoms with Crippen LogP contribution in [0.15, 0.2) is 30.3 Å². The minimum Gasteiger partial charge on any atom is -0.351 e. The molecule has 1 fully saturated rings. The van der Waals surface area contributed by atoms with Crippen LogP contribution < -0.4 is 5.32 Å². The Labute approximate surface area is 164 Å². The van der Waals surface area contributed by atoms with Crippen LogP contribution in [-0.4, -0.2) is 58.9 Å². The molecule has 1 saturated heterocycles. The van der Waals surface area contributed by atoms with Gasteiger partial charge in [0.05, 0.1) is 6.54 Å². The molecular weight excluding hydrogens is 364 g/mol. The fourth-order valence-corrected chi connectivity index (χ4v) is 3.49. The van der Waals surface area contributed by atoms with Gasteiger partial charge in [0.15, 0.2) is 5.78 Å². The number of piperazine rings is 1. The first kappa shape index (κ1) is 19.5. The molecule has 0 aliphatic carbocycles. The SMILES string of the molecule is Cc1cc(C(=O)CN2CCN(C(=O)Nc3cccc(Cl)c3)CC2)c(C)n1C. The lowest BCUT2D eigenvalue weighted by Crippen LogP contribution is -2.51. The number of ketones is 1. The highest BCUT2D eigenvalue weighted by molar-refractivity contribution is 6.30. The summed E-state index contributed by atoms with van der Waals surface area (Å²) in [4.78, 5) is 28.9. The number of anilines is 1. The number of nitrogens with one attached hydrogen (secondary N) is 1. The molecule has 6 nitrogen and oxygen atoms in total. The number of nitrogens with zero attached hydrogens (tertiary/aromatic N) is 3. The van der Waals surface area contributed by atoms with Crippen LogP contribution in [0.1, 0.15) is 21.7 Å². The third kappa shape index (κ3) is 4.51. The van der Waals surface area contributed by atoms with Crippen molar-refractivity contribution in [1.82, 2.24) is 14.4 Å². The third-order valence-electron chi connectivity index (χ3n) is 5.18. The van der Waals surface area contributed by atoms with E-state index in [0.29, 0.717) is 43.4 Å². The Morgan fingerprint density at radius 2 is 1.81 bits per heavy atom. The van der Waals surface area contributed by atoms with Crippen molar-refractivity contribution in [1.29, 1.82) is 0 Å². The standard InChI is InChI=1S/C20H25ClN4O2/c1-14-11-18(15(2)23(14)3)19(26)13-24-7-9-25(10-8-24)20(27)22-17-6-4-5-16(21)12-17/h4-6,11-12H,7-10,13H2,1-3H3,(H,22,27). The van der Waals surface area contributed by atoms with Gasteiger partial charge in [0, 0.05) is 60.9 Å². The number of amides is 2. The minimum atomic E-state index is -0.141. The lowest BCUT2D eigenvalue weighted by atomic mass is 10.1. The first-order valence-electron chi connectivity index (χ1n) is 9.05. The quantitative estimate of drug-likeness (QED) is 0.817. The van der Waals surface area contributed by atoms with Gasteiger partial charge in [-0.3, -0.25) is 9.69 Å². The highest BCUT2D eigenvalue weighted by Gasteiger charge is 2.24. The van der Waals surface area contributed by atoms with E-state index in [0.717, 1.165) is 17.0 Å². The molecule has 3 rings (SSSR count). The zero-order valence-electron chi connectivity index (χ0n) is 16.0. The predicted molar refractivity (Wildman–Crippen MR) is 108 cm³/mol. The average Bonchev–Trinajstić information content (AvgIpc) is 2.90. The molecule has 1 aromatic heterocycles. The lowest BCUT2D eigenvalue weighted by molar-refractivity contribution is 0.0883. The summed E-state index contributed by atoms with van der Waals surface area (Å²) in [5.41, 5.74) is 3.55. The molecule has 27 heavy (non-hydrogen) atoms. The van der Waals surface area contributed by atoms with Crippen LogP contribution >= 0.6 is 11.6 Å². The van der Waals surface area contributed by atoms with Crippen molar-refractivity contribution in [3.8, 4) is 0 Å². The normalized spacial score (nSPS) is 15.0. The van der Waals surface area contributed by atoms with Crippen LogP contribution in [0.5, 0.6) is 0 Å². The molecule has 0 radical (unpaired) electrons. The number of rotatable bonds is 4. The van der Waals surface area contributed by atoms with E-state index < -0.39 is 0 Å². The zero-order chi connectivity index (χ0) is 19.6. The summed E-state index contributed by atoms with van der Waals surface area (Å²) in [5.74, 6) is 0.132. The van der Waals surface area contributed by atoms with Gasteiger partial charge in [-0.25, -0.2) is 4.79 Å². The van der Waals surface area contributed by atoms with Crippen molar-refractivity contribution in [2.24, 2.45) is 7.05 Å². The van der Waals surface area contributed by atoms with E-state index in [2.05, 4.69) is 10.2 Å². The fourth-order valence-electron chi connectivity index (χ4n) is 3.30. The molecular formula is C20H25ClN4O2. The number of Topliss-reactive ketones (excluding diaryl/α,β-unsaturated/α-hetero) is 1. The van der Waals surface area contributed by atoms with E-state index >= 15 is 0 Å². The van der Waals surface area contributed by atoms with Crippen molar-refractivity contribution >= 4 is 29.1 Å². The van der Waals surface area contributed by atoms with E-state index in [1.54, 1.807) is 23.1 Å². The summed E-state index contributed by atoms with van der Waals surface area (Å²) in [7, 11) is 1.97. The van der Waals surface area contributed by atoms with Gasteiger partial charge in [-0.05, 0) is 38.1 Å². The van der Waals surface area contributed by atoms with E-state index in [1.807, 2.05) is 37.6 Å². The van der Waals surface area contributed by atoms with Crippen LogP contribution in [0, 0.1) is 13.8 Å². The van der Waals surface area contributed by atoms with Gasteiger partial charge in [0.25, 0.3) is 0 Å². The maximum absolute atomic E-state index is 12.6. The number of urea groups is 1. The topological polar surface area (TPSA) is 57.6 Å². The Hall–Kier alpha value is -2.31. The van der Waals surface area contributed by atoms with Crippen LogP contribution in [0.25, 0.3) is 0 Å². The molecule has 7 heteroatoms. The first-order chi connectivity index (χ1) is 12.8. The van der Waals surface area contributed by atoms with Crippen LogP contribution in [-0.2, 0) is 7.05 Å². The molecule has 2 amide bonds. The molecule has 1 aliphatic heterocycles. The fraction of sp³-hybridized carbons (Fsp3) is 0.400. The number of aromatic nitrogens is 1. The first-order valence-corrected chi connectivity index (χ1v) is 9.43. The monoisotopic (exact) mass is 388 g/mol. The predicted octanol–water partition coefficient (Wildman–Crippen LogP) is 3.33. The van der Waals surface area contributed by atoms with Gasteiger partial charge in [0.1, 0.15) is 0 Å². The molecule has 2 aromatic rings. The molecule has 1 aromatic carbocycles. The molecule has 0 unspecified atom stereocenters. The Morgan fingerprint density at radius 1 is 1.11 bits per heavy atom. The highest BCUT2D eigenvalue weighted by Crippen LogP contribution is 2.17. The van der Waals surface area contributed by atoms with E-state index in [4.69, 9.17) is 11.6 Å². The molecule has 1 N–H and O–H groups in total. The molecule has 1 aliphatic rings. The van der Waals surface area contributed by atoms with Gasteiger partial charge in [-0.15, -0.1) is 0 Å². The molecule has 0 bridgehead atoms. The Bertz CT molecular complexity index is 854. The second kappa shape index (κ2) is 8.15. The number of halogens is 1. The largest absolute Gasteiger partial charge is 0.351 e. The molecule has 0 atom stereocenters. The lowest BCUT2D eigenvalue weighted by Gasteiger charge is -2.34. The summed E-state index contributed by atoms with van der Waals surface area (Å²) in [6.45, 7) is 6.89. The molecule has 2 heterocycles. The number of hydrogen-bond donors (Lipinski definition) is 1. The summed E-state index contributed by atoms with van der Waals surface area (Å²) in [6.07, 6.45) is 0. The summed E-state index contributed by atoms with van der Waals surface area (Å²) >= 11 is 5.95. The Kier molecular flexibility index (Phi) is 5.87. The Morgan fingerprint density at radius 3 is 2.41 bits per heavy atom. The highest BCUT2D eigenvalue weighted by atomic mass is 35.5. The third-order valence-corrected chi connectivity index (χ3v) is 5.41. The van der Waals surface area contributed by atoms with Gasteiger partial charge in [-0.2, -0.15) is 0 Å². The van der Waals surface area contributed by atoms with Gasteiger partial charge >= 0.3 is 6.03 Å². The maximum Gasteiger partial charge on any atom is 0.321 e. The van der Waals surface area contributed by atoms with Gasteiger partial charge in [-0.1, -0.05) is 17.7 Å². The van der Waals surface area contributed by atoms with Crippen molar-refractivity contribution in [3.05, 3.63) is 52.3 Å². The number of hydrogen-bond acceptors (Lipinski definition) is 3. The van der Waals surface area contributed by atoms with E-state index in [-0.39, 0.29) is 11.8 Å². The maximum atomic E-state index is 12.6. The Balaban J connectivity index is 1.52. The van der Waals surface area contributed by atoms with Crippen LogP contribution in [0.2, 0.25) is 5.02 Å². The molecule has 0 saturated carbocycles. The zero-order valence-corrected chi connectivity index (χ0v) is 16.7. The van der Waals surface area contributed by atoms with Gasteiger partial charge < -0.3 is 14.8 Å². The average molecular weight is 389 g/mol. The second-order valence-corrected chi connectivity index (χ2v) is 7.41. The minimum absolute atomic E-state index is 0.132. The smallest absolute Gasteiger partial charge is 0.321 e. The summed E-state index contributed by atoms with van der Waals surface area (Å²) < 4.78 is 2.03. The van der Waals surface area contributed by atoms with E-state index in [9.17, 15) is 9.59 Å². The van der Waals surface area contributed by atoms with Crippen molar-refractivity contribution < 1.29 is 9.59 Å². The molecule has 0 spiro atoms. The number of carbonyl (C=O) groups excluding carboxylic acids is 2. The van der Waals surface area contributed by atoms with Crippen molar-refractivity contribution in [2.45, 2.75) is 13.8 Å². The molecule has 144 valence electrons. The van der Waals surface area contributed by atoms with Crippen molar-refractivity contribution in [2.75, 3.05) is 38.0 Å². The summed E-state index contributed by atoms with van der Waals surface area (Å²) in [6, 6.07) is 8.91. The van der Waals surface area contributed by atoms with Crippen LogP contribution in [0.3, 0.4) is 0 Å². The second-order valence-electron chi connectivity index (χ2n) is 6.97. The van der Waals surface area contributed by atoms with Gasteiger partial charge in [0.2, 0.25) is 0 Å². The van der Waals surface area contributed by atoms with Crippen molar-refractivity contribution in [3.63, 3.8) is 0 Å². The number of aryl methyl sites for hydroxylation is 1. The summed E-state index contributed by atoms with van der Waals surface area (Å²) in [5, 5.41) is 3.45. The van der Waals surface area contributed by atoms with E-state index in [1.165, 1.54) is 0 Å². The number of carbonyl (C=O) groups is 2. The van der Waals surface area contributed by atoms with Crippen LogP contribution in [0.4, 0.5) is 10.5 Å².